The van der Waals surface area contributed by atoms with Crippen LogP contribution in [-0.4, -0.2) is 25.9 Å². The number of nitrogens with zero attached hydrogens (tertiary/aromatic N) is 3. The third-order valence-corrected chi connectivity index (χ3v) is 4.08. The number of benzene rings is 1. The van der Waals surface area contributed by atoms with Gasteiger partial charge < -0.3 is 22.7 Å². The van der Waals surface area contributed by atoms with Crippen molar-refractivity contribution in [3.05, 3.63) is 57.2 Å². The topological polar surface area (TPSA) is 109 Å². The first-order chi connectivity index (χ1) is 10.7. The van der Waals surface area contributed by atoms with E-state index in [1.807, 2.05) is 0 Å². The number of nitro benzene ring substituents is 1. The molecule has 0 spiro atoms. The van der Waals surface area contributed by atoms with Crippen molar-refractivity contribution in [2.75, 3.05) is 0 Å². The normalized spacial score (nSPS) is 11.6. The molecule has 0 aliphatic heterocycles. The number of halogens is 1. The summed E-state index contributed by atoms with van der Waals surface area (Å²) in [5, 5.41) is 30.5. The SMILES string of the molecule is Cc1c(C)[n+](C)c(C(CC(=O)O)c2cccc([N+](=O)[O-])c2)n1O.[Cl-]. The Morgan fingerprint density at radius 3 is 2.50 bits per heavy atom. The summed E-state index contributed by atoms with van der Waals surface area (Å²) in [4.78, 5) is 21.7. The highest BCUT2D eigenvalue weighted by molar-refractivity contribution is 5.68. The van der Waals surface area contributed by atoms with Crippen LogP contribution >= 0.6 is 0 Å². The van der Waals surface area contributed by atoms with Crippen molar-refractivity contribution in [2.24, 2.45) is 7.05 Å². The molecule has 0 aliphatic rings. The Kier molecular flexibility index (Phi) is 5.92. The van der Waals surface area contributed by atoms with E-state index in [4.69, 9.17) is 0 Å². The molecule has 0 bridgehead atoms. The van der Waals surface area contributed by atoms with Crippen LogP contribution in [0.5, 0.6) is 0 Å². The zero-order chi connectivity index (χ0) is 17.3. The molecule has 0 saturated carbocycles. The van der Waals surface area contributed by atoms with Gasteiger partial charge in [-0.15, -0.1) is 0 Å². The van der Waals surface area contributed by atoms with Crippen LogP contribution in [0.2, 0.25) is 0 Å². The van der Waals surface area contributed by atoms with Crippen LogP contribution in [0.3, 0.4) is 0 Å². The first kappa shape index (κ1) is 19.4. The maximum Gasteiger partial charge on any atom is 0.304 e. The Morgan fingerprint density at radius 1 is 1.42 bits per heavy atom. The van der Waals surface area contributed by atoms with Gasteiger partial charge in [0.15, 0.2) is 5.69 Å². The second-order valence-corrected chi connectivity index (χ2v) is 5.40. The lowest BCUT2D eigenvalue weighted by molar-refractivity contribution is -0.686. The van der Waals surface area contributed by atoms with Gasteiger partial charge in [-0.3, -0.25) is 14.9 Å². The molecule has 0 radical (unpaired) electrons. The van der Waals surface area contributed by atoms with Gasteiger partial charge in [-0.2, -0.15) is 0 Å². The highest BCUT2D eigenvalue weighted by Crippen LogP contribution is 2.29. The lowest BCUT2D eigenvalue weighted by Gasteiger charge is -2.12. The minimum absolute atomic E-state index is 0. The van der Waals surface area contributed by atoms with Crippen LogP contribution in [0.25, 0.3) is 0 Å². The summed E-state index contributed by atoms with van der Waals surface area (Å²) in [5.41, 5.74) is 1.71. The van der Waals surface area contributed by atoms with Gasteiger partial charge in [-0.25, -0.2) is 4.57 Å². The number of carbonyl (C=O) groups is 1. The van der Waals surface area contributed by atoms with Crippen LogP contribution in [0, 0.1) is 24.0 Å². The molecule has 1 aromatic heterocycles. The average Bonchev–Trinajstić information content (AvgIpc) is 2.69. The molecule has 0 amide bonds. The number of hydrogen-bond acceptors (Lipinski definition) is 4. The van der Waals surface area contributed by atoms with Crippen LogP contribution in [0.15, 0.2) is 24.3 Å². The van der Waals surface area contributed by atoms with E-state index in [9.17, 15) is 25.2 Å². The van der Waals surface area contributed by atoms with E-state index in [1.54, 1.807) is 31.5 Å². The highest BCUT2D eigenvalue weighted by atomic mass is 35.5. The zero-order valence-corrected chi connectivity index (χ0v) is 14.2. The number of rotatable bonds is 5. The predicted molar refractivity (Wildman–Crippen MR) is 79.5 cm³/mol. The minimum atomic E-state index is -1.06. The van der Waals surface area contributed by atoms with Crippen molar-refractivity contribution in [1.82, 2.24) is 4.73 Å². The second-order valence-electron chi connectivity index (χ2n) is 5.40. The summed E-state index contributed by atoms with van der Waals surface area (Å²) in [6, 6.07) is 5.81. The first-order valence-electron chi connectivity index (χ1n) is 6.97. The predicted octanol–water partition coefficient (Wildman–Crippen LogP) is -1.31. The van der Waals surface area contributed by atoms with Crippen molar-refractivity contribution < 1.29 is 37.0 Å². The molecule has 1 heterocycles. The number of aliphatic carboxylic acids is 1. The number of aromatic nitrogens is 2. The Bertz CT molecular complexity index is 762. The molecule has 24 heavy (non-hydrogen) atoms. The number of carboxylic acids is 1. The molecule has 8 nitrogen and oxygen atoms in total. The minimum Gasteiger partial charge on any atom is -1.00 e. The van der Waals surface area contributed by atoms with Crippen molar-refractivity contribution in [3.8, 4) is 0 Å². The lowest BCUT2D eigenvalue weighted by atomic mass is 9.94. The lowest BCUT2D eigenvalue weighted by Crippen LogP contribution is -3.00. The molecule has 1 atom stereocenters. The van der Waals surface area contributed by atoms with Gasteiger partial charge >= 0.3 is 11.8 Å². The fourth-order valence-electron chi connectivity index (χ4n) is 2.65. The van der Waals surface area contributed by atoms with E-state index in [-0.39, 0.29) is 24.5 Å². The molecular weight excluding hydrogens is 338 g/mol. The van der Waals surface area contributed by atoms with Gasteiger partial charge in [0.1, 0.15) is 11.6 Å². The summed E-state index contributed by atoms with van der Waals surface area (Å²) < 4.78 is 2.64. The first-order valence-corrected chi connectivity index (χ1v) is 6.97. The molecule has 9 heteroatoms. The third kappa shape index (κ3) is 3.48. The van der Waals surface area contributed by atoms with E-state index in [0.29, 0.717) is 17.1 Å². The fourth-order valence-corrected chi connectivity index (χ4v) is 2.65. The van der Waals surface area contributed by atoms with Crippen molar-refractivity contribution >= 4 is 11.7 Å². The third-order valence-electron chi connectivity index (χ3n) is 4.08. The van der Waals surface area contributed by atoms with Crippen LogP contribution in [0.1, 0.15) is 35.1 Å². The standard InChI is InChI=1S/C15H17N3O5.ClH/c1-9-10(2)17(21)15(16(9)3)13(8-14(19)20)11-5-4-6-12(7-11)18(22)23;/h4-7,13H,8H2,1-3H3,(H-,19,20,21);1H. The van der Waals surface area contributed by atoms with Gasteiger partial charge in [0, 0.05) is 26.0 Å². The van der Waals surface area contributed by atoms with Gasteiger partial charge in [0.2, 0.25) is 0 Å². The van der Waals surface area contributed by atoms with Crippen molar-refractivity contribution in [2.45, 2.75) is 26.2 Å². The van der Waals surface area contributed by atoms with E-state index in [1.165, 1.54) is 18.2 Å². The molecule has 0 saturated heterocycles. The Balaban J connectivity index is 0.00000288. The monoisotopic (exact) mass is 355 g/mol. The van der Waals surface area contributed by atoms with Gasteiger partial charge in [-0.05, 0) is 10.3 Å². The molecule has 2 N–H and O–H groups in total. The van der Waals surface area contributed by atoms with Crippen LogP contribution in [0.4, 0.5) is 5.69 Å². The summed E-state index contributed by atoms with van der Waals surface area (Å²) >= 11 is 0. The van der Waals surface area contributed by atoms with Crippen molar-refractivity contribution in [3.63, 3.8) is 0 Å². The fraction of sp³-hybridized carbons (Fsp3) is 0.333. The number of nitro groups is 1. The van der Waals surface area contributed by atoms with E-state index < -0.39 is 16.8 Å². The molecule has 0 fully saturated rings. The number of imidazole rings is 1. The molecule has 2 rings (SSSR count). The van der Waals surface area contributed by atoms with E-state index in [0.717, 1.165) is 10.4 Å². The summed E-state index contributed by atoms with van der Waals surface area (Å²) in [7, 11) is 1.72. The Labute approximate surface area is 144 Å². The summed E-state index contributed by atoms with van der Waals surface area (Å²) in [6.07, 6.45) is -0.293. The molecule has 1 aromatic carbocycles. The summed E-state index contributed by atoms with van der Waals surface area (Å²) in [6.45, 7) is 3.51. The quantitative estimate of drug-likeness (QED) is 0.299. The maximum atomic E-state index is 11.3. The smallest absolute Gasteiger partial charge is 0.304 e. The molecule has 2 aromatic rings. The second kappa shape index (κ2) is 7.31. The van der Waals surface area contributed by atoms with E-state index >= 15 is 0 Å². The van der Waals surface area contributed by atoms with Gasteiger partial charge in [-0.1, -0.05) is 12.1 Å². The largest absolute Gasteiger partial charge is 1.00 e. The number of carboxylic acid groups (broad SMARTS) is 1. The van der Waals surface area contributed by atoms with Crippen LogP contribution < -0.4 is 17.0 Å². The average molecular weight is 356 g/mol. The van der Waals surface area contributed by atoms with Crippen LogP contribution in [-0.2, 0) is 11.8 Å². The molecule has 1 unspecified atom stereocenters. The summed E-state index contributed by atoms with van der Waals surface area (Å²) in [5.74, 6) is -1.41. The Morgan fingerprint density at radius 2 is 2.04 bits per heavy atom. The van der Waals surface area contributed by atoms with E-state index in [2.05, 4.69) is 0 Å². The Hall–Kier alpha value is -2.61. The molecule has 0 aliphatic carbocycles. The maximum absolute atomic E-state index is 11.3. The highest BCUT2D eigenvalue weighted by Gasteiger charge is 2.34. The molecular formula is C15H18ClN3O5. The van der Waals surface area contributed by atoms with Gasteiger partial charge in [0.05, 0.1) is 18.4 Å². The van der Waals surface area contributed by atoms with Crippen molar-refractivity contribution in [1.29, 1.82) is 0 Å². The number of hydrogen-bond donors (Lipinski definition) is 2. The zero-order valence-electron chi connectivity index (χ0n) is 13.4. The molecule has 130 valence electrons. The van der Waals surface area contributed by atoms with Gasteiger partial charge in [0.25, 0.3) is 5.69 Å². The number of non-ortho nitro benzene ring substituents is 1.